The average Bonchev–Trinajstić information content (AvgIpc) is 3.08. The molecule has 1 saturated heterocycles. The van der Waals surface area contributed by atoms with Gasteiger partial charge in [-0.15, -0.1) is 0 Å². The first-order valence-corrected chi connectivity index (χ1v) is 13.3. The number of pyridine rings is 2. The van der Waals surface area contributed by atoms with Crippen molar-refractivity contribution in [2.75, 3.05) is 31.6 Å². The highest BCUT2D eigenvalue weighted by Gasteiger charge is 2.21. The molecule has 0 spiro atoms. The van der Waals surface area contributed by atoms with Crippen LogP contribution in [0, 0.1) is 0 Å². The normalized spacial score (nSPS) is 14.8. The molecule has 1 aliphatic rings. The maximum absolute atomic E-state index is 13.0. The number of nitrogens with one attached hydrogen (secondary N) is 1. The van der Waals surface area contributed by atoms with Crippen LogP contribution in [0.15, 0.2) is 83.9 Å². The molecule has 2 aromatic heterocycles. The van der Waals surface area contributed by atoms with Gasteiger partial charge in [0.15, 0.2) is 0 Å². The third-order valence-corrected chi connectivity index (χ3v) is 7.78. The topological polar surface area (TPSA) is 95.5 Å². The van der Waals surface area contributed by atoms with E-state index in [4.69, 9.17) is 4.98 Å². The van der Waals surface area contributed by atoms with Crippen molar-refractivity contribution in [1.29, 1.82) is 0 Å². The molecule has 1 amide bonds. The van der Waals surface area contributed by atoms with E-state index in [0.29, 0.717) is 37.3 Å². The number of amides is 1. The number of hydrogen-bond acceptors (Lipinski definition) is 6. The highest BCUT2D eigenvalue weighted by molar-refractivity contribution is 7.89. The lowest BCUT2D eigenvalue weighted by molar-refractivity contribution is -0.129. The fraction of sp³-hybridized carbons (Fsp3) is 0.222. The molecule has 1 N–H and O–H groups in total. The number of sulfonamides is 1. The second-order valence-corrected chi connectivity index (χ2v) is 10.6. The van der Waals surface area contributed by atoms with E-state index in [1.54, 1.807) is 29.3 Å². The van der Waals surface area contributed by atoms with E-state index in [2.05, 4.69) is 14.6 Å². The Balaban J connectivity index is 1.45. The summed E-state index contributed by atoms with van der Waals surface area (Å²) in [5.74, 6) is 0.128. The van der Waals surface area contributed by atoms with Crippen molar-refractivity contribution in [3.63, 3.8) is 0 Å². The Morgan fingerprint density at radius 2 is 1.78 bits per heavy atom. The molecule has 8 nitrogen and oxygen atoms in total. The highest BCUT2D eigenvalue weighted by atomic mass is 32.2. The van der Waals surface area contributed by atoms with Crippen molar-refractivity contribution >= 4 is 32.7 Å². The summed E-state index contributed by atoms with van der Waals surface area (Å²) in [5.41, 5.74) is 4.61. The summed E-state index contributed by atoms with van der Waals surface area (Å²) in [4.78, 5) is 25.6. The summed E-state index contributed by atoms with van der Waals surface area (Å²) in [6.07, 6.45) is 2.19. The van der Waals surface area contributed by atoms with Crippen molar-refractivity contribution in [2.45, 2.75) is 17.9 Å². The number of likely N-dealkylation sites (N-methyl/N-ethyl adjacent to an activating group) is 1. The van der Waals surface area contributed by atoms with E-state index in [0.717, 1.165) is 22.3 Å². The Morgan fingerprint density at radius 3 is 2.61 bits per heavy atom. The molecule has 4 aromatic rings. The summed E-state index contributed by atoms with van der Waals surface area (Å²) < 4.78 is 28.6. The van der Waals surface area contributed by atoms with Crippen molar-refractivity contribution in [2.24, 2.45) is 0 Å². The van der Waals surface area contributed by atoms with Gasteiger partial charge in [0.1, 0.15) is 5.52 Å². The van der Waals surface area contributed by atoms with Crippen LogP contribution in [0.2, 0.25) is 0 Å². The fourth-order valence-corrected chi connectivity index (χ4v) is 5.34. The molecule has 3 heterocycles. The second kappa shape index (κ2) is 10.0. The number of aromatic nitrogens is 2. The first-order chi connectivity index (χ1) is 17.4. The van der Waals surface area contributed by atoms with Gasteiger partial charge in [0.2, 0.25) is 15.9 Å². The molecule has 5 rings (SSSR count). The summed E-state index contributed by atoms with van der Waals surface area (Å²) >= 11 is 0. The van der Waals surface area contributed by atoms with Gasteiger partial charge in [0.25, 0.3) is 0 Å². The van der Waals surface area contributed by atoms with E-state index in [-0.39, 0.29) is 17.3 Å². The SMILES string of the molecule is CN1CCN(c2ccnc3ccc(-c4cccc(S(=O)(=O)NCc5ccccc5)c4)nc23)CCC1=O. The van der Waals surface area contributed by atoms with Gasteiger partial charge in [0.05, 0.1) is 21.8 Å². The maximum Gasteiger partial charge on any atom is 0.240 e. The maximum atomic E-state index is 13.0. The van der Waals surface area contributed by atoms with Crippen LogP contribution in [-0.2, 0) is 21.4 Å². The van der Waals surface area contributed by atoms with Gasteiger partial charge < -0.3 is 9.80 Å². The lowest BCUT2D eigenvalue weighted by Gasteiger charge is -2.23. The molecule has 1 fully saturated rings. The van der Waals surface area contributed by atoms with Gasteiger partial charge in [-0.3, -0.25) is 9.78 Å². The first kappa shape index (κ1) is 23.9. The number of hydrogen-bond donors (Lipinski definition) is 1. The van der Waals surface area contributed by atoms with E-state index >= 15 is 0 Å². The molecule has 2 aromatic carbocycles. The lowest BCUT2D eigenvalue weighted by atomic mass is 10.1. The number of rotatable bonds is 6. The molecule has 0 atom stereocenters. The summed E-state index contributed by atoms with van der Waals surface area (Å²) in [7, 11) is -1.88. The second-order valence-electron chi connectivity index (χ2n) is 8.78. The van der Waals surface area contributed by atoms with Crippen LogP contribution in [0.4, 0.5) is 5.69 Å². The minimum absolute atomic E-state index is 0.128. The van der Waals surface area contributed by atoms with E-state index < -0.39 is 10.0 Å². The summed E-state index contributed by atoms with van der Waals surface area (Å²) in [6, 6.07) is 21.8. The average molecular weight is 502 g/mol. The molecule has 0 unspecified atom stereocenters. The Bertz CT molecular complexity index is 1510. The number of fused-ring (bicyclic) bond motifs is 1. The molecule has 184 valence electrons. The summed E-state index contributed by atoms with van der Waals surface area (Å²) in [5, 5.41) is 0. The third-order valence-electron chi connectivity index (χ3n) is 6.38. The molecular formula is C27H27N5O3S. The van der Waals surface area contributed by atoms with Gasteiger partial charge in [-0.2, -0.15) is 0 Å². The zero-order chi connectivity index (χ0) is 25.1. The Hall–Kier alpha value is -3.82. The quantitative estimate of drug-likeness (QED) is 0.435. The number of benzene rings is 2. The molecule has 1 aliphatic heterocycles. The van der Waals surface area contributed by atoms with E-state index in [9.17, 15) is 13.2 Å². The fourth-order valence-electron chi connectivity index (χ4n) is 4.28. The molecule has 9 heteroatoms. The van der Waals surface area contributed by atoms with Crippen molar-refractivity contribution in [1.82, 2.24) is 19.6 Å². The molecule has 0 aliphatic carbocycles. The highest BCUT2D eigenvalue weighted by Crippen LogP contribution is 2.29. The van der Waals surface area contributed by atoms with Crippen LogP contribution in [-0.4, -0.2) is 55.9 Å². The van der Waals surface area contributed by atoms with E-state index in [1.165, 1.54) is 0 Å². The number of carbonyl (C=O) groups is 1. The molecule has 0 radical (unpaired) electrons. The number of carbonyl (C=O) groups excluding carboxylic acids is 1. The van der Waals surface area contributed by atoms with Crippen LogP contribution in [0.25, 0.3) is 22.3 Å². The largest absolute Gasteiger partial charge is 0.367 e. The number of anilines is 1. The predicted octanol–water partition coefficient (Wildman–Crippen LogP) is 3.44. The van der Waals surface area contributed by atoms with Gasteiger partial charge in [-0.1, -0.05) is 42.5 Å². The monoisotopic (exact) mass is 501 g/mol. The van der Waals surface area contributed by atoms with Crippen LogP contribution < -0.4 is 9.62 Å². The van der Waals surface area contributed by atoms with Gasteiger partial charge >= 0.3 is 0 Å². The minimum Gasteiger partial charge on any atom is -0.367 e. The van der Waals surface area contributed by atoms with Gasteiger partial charge in [0, 0.05) is 51.4 Å². The van der Waals surface area contributed by atoms with Crippen LogP contribution in [0.1, 0.15) is 12.0 Å². The Labute approximate surface area is 210 Å². The first-order valence-electron chi connectivity index (χ1n) is 11.8. The van der Waals surface area contributed by atoms with Crippen LogP contribution in [0.3, 0.4) is 0 Å². The third kappa shape index (κ3) is 5.07. The summed E-state index contributed by atoms with van der Waals surface area (Å²) in [6.45, 7) is 2.16. The molecular weight excluding hydrogens is 474 g/mol. The Kier molecular flexibility index (Phi) is 6.67. The van der Waals surface area contributed by atoms with E-state index in [1.807, 2.05) is 61.6 Å². The number of nitrogens with zero attached hydrogens (tertiary/aromatic N) is 4. The van der Waals surface area contributed by atoms with Crippen LogP contribution >= 0.6 is 0 Å². The zero-order valence-electron chi connectivity index (χ0n) is 20.0. The zero-order valence-corrected chi connectivity index (χ0v) is 20.8. The standard InChI is InChI=1S/C27H27N5O3S/c1-31-16-17-32(15-13-26(31)33)25-12-14-28-24-11-10-23(30-27(24)25)21-8-5-9-22(18-21)36(34,35)29-19-20-6-3-2-4-7-20/h2-12,14,18,29H,13,15-17,19H2,1H3. The predicted molar refractivity (Wildman–Crippen MR) is 140 cm³/mol. The van der Waals surface area contributed by atoms with Gasteiger partial charge in [-0.25, -0.2) is 18.1 Å². The molecule has 36 heavy (non-hydrogen) atoms. The molecule has 0 saturated carbocycles. The minimum atomic E-state index is -3.71. The van der Waals surface area contributed by atoms with Crippen LogP contribution in [0.5, 0.6) is 0 Å². The molecule has 0 bridgehead atoms. The smallest absolute Gasteiger partial charge is 0.240 e. The van der Waals surface area contributed by atoms with Gasteiger partial charge in [-0.05, 0) is 35.9 Å². The van der Waals surface area contributed by atoms with Crippen molar-refractivity contribution < 1.29 is 13.2 Å². The van der Waals surface area contributed by atoms with Crippen molar-refractivity contribution in [3.05, 3.63) is 84.6 Å². The lowest BCUT2D eigenvalue weighted by Crippen LogP contribution is -2.30. The van der Waals surface area contributed by atoms with Crippen molar-refractivity contribution in [3.8, 4) is 11.3 Å². The Morgan fingerprint density at radius 1 is 0.944 bits per heavy atom.